The van der Waals surface area contributed by atoms with Crippen LogP contribution in [0, 0.1) is 0 Å². The summed E-state index contributed by atoms with van der Waals surface area (Å²) >= 11 is 0. The zero-order valence-corrected chi connectivity index (χ0v) is 15.8. The molecule has 7 nitrogen and oxygen atoms in total. The van der Waals surface area contributed by atoms with Crippen LogP contribution in [0.15, 0.2) is 62.6 Å². The van der Waals surface area contributed by atoms with Gasteiger partial charge in [-0.1, -0.05) is 18.2 Å². The predicted molar refractivity (Wildman–Crippen MR) is 103 cm³/mol. The zero-order valence-electron chi connectivity index (χ0n) is 15.0. The Balaban J connectivity index is 1.53. The Labute approximate surface area is 157 Å². The van der Waals surface area contributed by atoms with E-state index in [1.165, 1.54) is 22.8 Å². The van der Waals surface area contributed by atoms with E-state index in [1.54, 1.807) is 7.05 Å². The third kappa shape index (κ3) is 3.38. The number of nitrogens with one attached hydrogen (secondary N) is 1. The van der Waals surface area contributed by atoms with E-state index in [-0.39, 0.29) is 10.9 Å². The maximum Gasteiger partial charge on any atom is 0.419 e. The van der Waals surface area contributed by atoms with E-state index in [2.05, 4.69) is 9.62 Å². The molecule has 1 saturated heterocycles. The molecule has 1 aromatic heterocycles. The predicted octanol–water partition coefficient (Wildman–Crippen LogP) is 2.08. The minimum Gasteiger partial charge on any atom is -0.408 e. The van der Waals surface area contributed by atoms with Crippen molar-refractivity contribution in [2.45, 2.75) is 23.8 Å². The molecule has 27 heavy (non-hydrogen) atoms. The number of sulfonamides is 1. The van der Waals surface area contributed by atoms with Crippen LogP contribution >= 0.6 is 0 Å². The van der Waals surface area contributed by atoms with Gasteiger partial charge in [0.25, 0.3) is 0 Å². The van der Waals surface area contributed by atoms with Gasteiger partial charge in [-0.15, -0.1) is 0 Å². The van der Waals surface area contributed by atoms with Crippen LogP contribution in [-0.2, 0) is 17.1 Å². The quantitative estimate of drug-likeness (QED) is 0.725. The Bertz CT molecular complexity index is 1120. The molecule has 0 radical (unpaired) electrons. The fourth-order valence-electron chi connectivity index (χ4n) is 3.57. The number of nitrogens with zero attached hydrogens (tertiary/aromatic N) is 2. The Morgan fingerprint density at radius 3 is 2.74 bits per heavy atom. The van der Waals surface area contributed by atoms with Crippen molar-refractivity contribution in [2.75, 3.05) is 18.0 Å². The molecule has 0 bridgehead atoms. The zero-order chi connectivity index (χ0) is 19.0. The second-order valence-corrected chi connectivity index (χ2v) is 8.50. The Morgan fingerprint density at radius 2 is 1.96 bits per heavy atom. The maximum absolute atomic E-state index is 12.7. The number of benzene rings is 2. The van der Waals surface area contributed by atoms with E-state index >= 15 is 0 Å². The monoisotopic (exact) mass is 387 g/mol. The number of oxazole rings is 1. The lowest BCUT2D eigenvalue weighted by atomic mass is 10.2. The van der Waals surface area contributed by atoms with Crippen molar-refractivity contribution in [3.8, 4) is 0 Å². The van der Waals surface area contributed by atoms with Gasteiger partial charge in [0.15, 0.2) is 5.58 Å². The van der Waals surface area contributed by atoms with Crippen LogP contribution in [0.5, 0.6) is 0 Å². The summed E-state index contributed by atoms with van der Waals surface area (Å²) in [6.45, 7) is 1.25. The lowest BCUT2D eigenvalue weighted by Crippen LogP contribution is -2.40. The largest absolute Gasteiger partial charge is 0.419 e. The number of hydrogen-bond acceptors (Lipinski definition) is 5. The van der Waals surface area contributed by atoms with E-state index in [0.29, 0.717) is 17.6 Å². The van der Waals surface area contributed by atoms with E-state index in [9.17, 15) is 13.2 Å². The third-order valence-corrected chi connectivity index (χ3v) is 6.47. The molecule has 142 valence electrons. The highest BCUT2D eigenvalue weighted by atomic mass is 32.2. The summed E-state index contributed by atoms with van der Waals surface area (Å²) in [7, 11) is -2.14. The van der Waals surface area contributed by atoms with Crippen molar-refractivity contribution in [3.05, 3.63) is 59.1 Å². The van der Waals surface area contributed by atoms with Gasteiger partial charge < -0.3 is 9.32 Å². The molecule has 0 aliphatic carbocycles. The molecule has 2 aromatic carbocycles. The SMILES string of the molecule is Cn1c(=O)oc2ccc(S(=O)(=O)NCC3CCCN3c3ccccc3)cc21. The van der Waals surface area contributed by atoms with Crippen LogP contribution in [0.4, 0.5) is 5.69 Å². The van der Waals surface area contributed by atoms with Gasteiger partial charge in [0, 0.05) is 31.9 Å². The van der Waals surface area contributed by atoms with E-state index in [0.717, 1.165) is 25.1 Å². The molecule has 2 heterocycles. The molecular formula is C19H21N3O4S. The smallest absolute Gasteiger partial charge is 0.408 e. The number of hydrogen-bond donors (Lipinski definition) is 1. The number of anilines is 1. The molecular weight excluding hydrogens is 366 g/mol. The number of fused-ring (bicyclic) bond motifs is 1. The van der Waals surface area contributed by atoms with Crippen molar-refractivity contribution < 1.29 is 12.8 Å². The summed E-state index contributed by atoms with van der Waals surface area (Å²) < 4.78 is 34.6. The van der Waals surface area contributed by atoms with Gasteiger partial charge in [-0.05, 0) is 43.2 Å². The Hall–Kier alpha value is -2.58. The molecule has 1 N–H and O–H groups in total. The highest BCUT2D eigenvalue weighted by Gasteiger charge is 2.26. The van der Waals surface area contributed by atoms with Crippen molar-refractivity contribution in [3.63, 3.8) is 0 Å². The number of aromatic nitrogens is 1. The standard InChI is InChI=1S/C19H21N3O4S/c1-21-17-12-16(9-10-18(17)26-19(21)23)27(24,25)20-13-15-8-5-11-22(15)14-6-3-2-4-7-14/h2-4,6-7,9-10,12,15,20H,5,8,11,13H2,1H3. The van der Waals surface area contributed by atoms with Crippen molar-refractivity contribution in [2.24, 2.45) is 7.05 Å². The molecule has 1 unspecified atom stereocenters. The van der Waals surface area contributed by atoms with Crippen LogP contribution in [0.1, 0.15) is 12.8 Å². The molecule has 1 aliphatic rings. The summed E-state index contributed by atoms with van der Waals surface area (Å²) in [6.07, 6.45) is 1.97. The molecule has 8 heteroatoms. The summed E-state index contributed by atoms with van der Waals surface area (Å²) in [5, 5.41) is 0. The average molecular weight is 387 g/mol. The fourth-order valence-corrected chi connectivity index (χ4v) is 4.66. The molecule has 0 spiro atoms. The lowest BCUT2D eigenvalue weighted by Gasteiger charge is -2.27. The molecule has 1 atom stereocenters. The first-order chi connectivity index (χ1) is 13.0. The van der Waals surface area contributed by atoms with E-state index < -0.39 is 15.8 Å². The van der Waals surface area contributed by atoms with Gasteiger partial charge in [-0.2, -0.15) is 0 Å². The second kappa shape index (κ2) is 6.86. The minimum atomic E-state index is -3.69. The molecule has 3 aromatic rings. The third-order valence-electron chi connectivity index (χ3n) is 5.05. The van der Waals surface area contributed by atoms with Crippen LogP contribution < -0.4 is 15.4 Å². The number of para-hydroxylation sites is 1. The Kier molecular flexibility index (Phi) is 4.53. The first-order valence-electron chi connectivity index (χ1n) is 8.87. The van der Waals surface area contributed by atoms with Crippen molar-refractivity contribution in [1.82, 2.24) is 9.29 Å². The average Bonchev–Trinajstić information content (AvgIpc) is 3.25. The van der Waals surface area contributed by atoms with Gasteiger partial charge in [0.05, 0.1) is 10.4 Å². The lowest BCUT2D eigenvalue weighted by molar-refractivity contribution is 0.528. The van der Waals surface area contributed by atoms with Gasteiger partial charge in [-0.25, -0.2) is 17.9 Å². The molecule has 0 amide bonds. The molecule has 1 aliphatic heterocycles. The highest BCUT2D eigenvalue weighted by molar-refractivity contribution is 7.89. The number of rotatable bonds is 5. The molecule has 1 fully saturated rings. The second-order valence-electron chi connectivity index (χ2n) is 6.73. The van der Waals surface area contributed by atoms with Crippen LogP contribution in [0.2, 0.25) is 0 Å². The fraction of sp³-hybridized carbons (Fsp3) is 0.316. The van der Waals surface area contributed by atoms with Crippen molar-refractivity contribution in [1.29, 1.82) is 0 Å². The van der Waals surface area contributed by atoms with Crippen LogP contribution in [0.25, 0.3) is 11.1 Å². The van der Waals surface area contributed by atoms with Gasteiger partial charge in [0.2, 0.25) is 10.0 Å². The summed E-state index contributed by atoms with van der Waals surface area (Å²) in [5.41, 5.74) is 1.93. The summed E-state index contributed by atoms with van der Waals surface area (Å²) in [4.78, 5) is 14.0. The van der Waals surface area contributed by atoms with Gasteiger partial charge >= 0.3 is 5.76 Å². The van der Waals surface area contributed by atoms with Gasteiger partial charge in [0.1, 0.15) is 0 Å². The van der Waals surface area contributed by atoms with E-state index in [1.807, 2.05) is 30.3 Å². The van der Waals surface area contributed by atoms with Crippen molar-refractivity contribution >= 4 is 26.8 Å². The summed E-state index contributed by atoms with van der Waals surface area (Å²) in [5.74, 6) is -0.517. The Morgan fingerprint density at radius 1 is 1.19 bits per heavy atom. The number of aryl methyl sites for hydroxylation is 1. The highest BCUT2D eigenvalue weighted by Crippen LogP contribution is 2.25. The maximum atomic E-state index is 12.7. The topological polar surface area (TPSA) is 84.5 Å². The minimum absolute atomic E-state index is 0.115. The molecule has 4 rings (SSSR count). The molecule has 0 saturated carbocycles. The normalized spacial score (nSPS) is 17.7. The van der Waals surface area contributed by atoms with Crippen LogP contribution in [0.3, 0.4) is 0 Å². The summed E-state index contributed by atoms with van der Waals surface area (Å²) in [6, 6.07) is 14.6. The van der Waals surface area contributed by atoms with Crippen LogP contribution in [-0.4, -0.2) is 32.1 Å². The first kappa shape index (κ1) is 17.8. The van der Waals surface area contributed by atoms with Gasteiger partial charge in [-0.3, -0.25) is 4.57 Å². The van der Waals surface area contributed by atoms with E-state index in [4.69, 9.17) is 4.42 Å². The first-order valence-corrected chi connectivity index (χ1v) is 10.3.